The molecule has 1 heterocycles. The van der Waals surface area contributed by atoms with Crippen molar-refractivity contribution in [3.63, 3.8) is 0 Å². The smallest absolute Gasteiger partial charge is 0.205 e. The molecule has 1 aliphatic carbocycles. The molecule has 2 heteroatoms. The molecule has 0 unspecified atom stereocenters. The van der Waals surface area contributed by atoms with Gasteiger partial charge in [0.1, 0.15) is 0 Å². The van der Waals surface area contributed by atoms with Crippen LogP contribution in [0.4, 0.5) is 0 Å². The van der Waals surface area contributed by atoms with Crippen molar-refractivity contribution in [2.24, 2.45) is 7.05 Å². The number of aryl methyl sites for hydroxylation is 1. The zero-order chi connectivity index (χ0) is 8.01. The van der Waals surface area contributed by atoms with E-state index in [0.29, 0.717) is 5.57 Å². The first-order chi connectivity index (χ1) is 5.20. The summed E-state index contributed by atoms with van der Waals surface area (Å²) in [4.78, 5) is 11.4. The van der Waals surface area contributed by atoms with Crippen LogP contribution in [0.2, 0.25) is 0 Å². The van der Waals surface area contributed by atoms with E-state index in [2.05, 4.69) is 6.58 Å². The van der Waals surface area contributed by atoms with Gasteiger partial charge in [-0.15, -0.1) is 0 Å². The second-order valence-corrected chi connectivity index (χ2v) is 2.91. The number of hydrogen-bond acceptors (Lipinski definition) is 1. The Morgan fingerprint density at radius 2 is 2.36 bits per heavy atom. The minimum absolute atomic E-state index is 0.104. The van der Waals surface area contributed by atoms with E-state index < -0.39 is 0 Å². The molecule has 0 bridgehead atoms. The second-order valence-electron chi connectivity index (χ2n) is 2.91. The molecular weight excluding hydrogens is 138 g/mol. The Bertz CT molecular complexity index is 346. The van der Waals surface area contributed by atoms with Gasteiger partial charge in [0.2, 0.25) is 5.78 Å². The quantitative estimate of drug-likeness (QED) is 0.507. The van der Waals surface area contributed by atoms with Crippen molar-refractivity contribution in [2.45, 2.75) is 6.42 Å². The number of fused-ring (bicyclic) bond motifs is 1. The van der Waals surface area contributed by atoms with Crippen LogP contribution in [-0.4, -0.2) is 10.4 Å². The fraction of sp³-hybridized carbons (Fsp3) is 0.222. The highest BCUT2D eigenvalue weighted by Gasteiger charge is 2.25. The molecule has 0 N–H and O–H groups in total. The van der Waals surface area contributed by atoms with Crippen LogP contribution in [0.3, 0.4) is 0 Å². The zero-order valence-corrected chi connectivity index (χ0v) is 6.42. The molecule has 56 valence electrons. The van der Waals surface area contributed by atoms with E-state index in [-0.39, 0.29) is 5.78 Å². The van der Waals surface area contributed by atoms with Gasteiger partial charge in [0, 0.05) is 19.7 Å². The first-order valence-corrected chi connectivity index (χ1v) is 3.57. The third-order valence-corrected chi connectivity index (χ3v) is 2.10. The Morgan fingerprint density at radius 1 is 1.64 bits per heavy atom. The molecule has 0 fully saturated rings. The van der Waals surface area contributed by atoms with Crippen LogP contribution in [0.5, 0.6) is 0 Å². The lowest BCUT2D eigenvalue weighted by molar-refractivity contribution is 0.103. The van der Waals surface area contributed by atoms with Gasteiger partial charge in [0.05, 0.1) is 5.69 Å². The van der Waals surface area contributed by atoms with Gasteiger partial charge in [0.25, 0.3) is 0 Å². The van der Waals surface area contributed by atoms with Crippen molar-refractivity contribution in [3.8, 4) is 0 Å². The van der Waals surface area contributed by atoms with Gasteiger partial charge >= 0.3 is 0 Å². The summed E-state index contributed by atoms with van der Waals surface area (Å²) in [5.74, 6) is 0.104. The van der Waals surface area contributed by atoms with E-state index in [1.54, 1.807) is 0 Å². The van der Waals surface area contributed by atoms with Gasteiger partial charge in [-0.25, -0.2) is 0 Å². The molecular formula is C9H9NO. The van der Waals surface area contributed by atoms with Gasteiger partial charge in [-0.3, -0.25) is 4.79 Å². The topological polar surface area (TPSA) is 22.0 Å². The molecule has 0 saturated carbocycles. The maximum absolute atomic E-state index is 11.4. The first-order valence-electron chi connectivity index (χ1n) is 3.57. The van der Waals surface area contributed by atoms with Gasteiger partial charge in [0.15, 0.2) is 0 Å². The van der Waals surface area contributed by atoms with Crippen LogP contribution in [0.25, 0.3) is 0 Å². The molecule has 0 aliphatic heterocycles. The normalized spacial score (nSPS) is 15.7. The Hall–Kier alpha value is -1.31. The summed E-state index contributed by atoms with van der Waals surface area (Å²) in [5, 5.41) is 0. The number of carbonyl (C=O) groups excluding carboxylic acids is 1. The lowest BCUT2D eigenvalue weighted by Gasteiger charge is -1.95. The highest BCUT2D eigenvalue weighted by molar-refractivity contribution is 6.11. The van der Waals surface area contributed by atoms with Gasteiger partial charge in [-0.1, -0.05) is 6.58 Å². The lowest BCUT2D eigenvalue weighted by Crippen LogP contribution is -2.01. The highest BCUT2D eigenvalue weighted by atomic mass is 16.1. The third kappa shape index (κ3) is 0.693. The molecule has 1 aromatic rings. The van der Waals surface area contributed by atoms with Crippen molar-refractivity contribution >= 4 is 5.78 Å². The summed E-state index contributed by atoms with van der Waals surface area (Å²) in [6.07, 6.45) is 2.64. The SMILES string of the molecule is C=C1Cc2ccn(C)c2C1=O. The molecule has 0 spiro atoms. The number of ketones is 1. The minimum atomic E-state index is 0.104. The van der Waals surface area contributed by atoms with Crippen LogP contribution in [0.15, 0.2) is 24.4 Å². The van der Waals surface area contributed by atoms with Crippen LogP contribution in [0, 0.1) is 0 Å². The van der Waals surface area contributed by atoms with Crippen LogP contribution in [-0.2, 0) is 13.5 Å². The van der Waals surface area contributed by atoms with Crippen LogP contribution >= 0.6 is 0 Å². The molecule has 2 nitrogen and oxygen atoms in total. The summed E-state index contributed by atoms with van der Waals surface area (Å²) < 4.78 is 1.86. The summed E-state index contributed by atoms with van der Waals surface area (Å²) >= 11 is 0. The highest BCUT2D eigenvalue weighted by Crippen LogP contribution is 2.24. The molecule has 0 atom stereocenters. The molecule has 0 saturated heterocycles. The molecule has 1 aliphatic rings. The van der Waals surface area contributed by atoms with Crippen molar-refractivity contribution in [1.29, 1.82) is 0 Å². The van der Waals surface area contributed by atoms with E-state index >= 15 is 0 Å². The van der Waals surface area contributed by atoms with Gasteiger partial charge in [-0.05, 0) is 17.2 Å². The predicted octanol–water partition coefficient (Wildman–Crippen LogP) is 1.32. The molecule has 2 rings (SSSR count). The summed E-state index contributed by atoms with van der Waals surface area (Å²) in [5.41, 5.74) is 2.64. The Morgan fingerprint density at radius 3 is 3.00 bits per heavy atom. The Balaban J connectivity index is 2.66. The third-order valence-electron chi connectivity index (χ3n) is 2.10. The summed E-state index contributed by atoms with van der Waals surface area (Å²) in [6, 6.07) is 1.98. The number of allylic oxidation sites excluding steroid dienone is 1. The molecule has 1 aromatic heterocycles. The first kappa shape index (κ1) is 6.40. The molecule has 11 heavy (non-hydrogen) atoms. The Labute approximate surface area is 65.1 Å². The maximum Gasteiger partial charge on any atom is 0.205 e. The van der Waals surface area contributed by atoms with E-state index in [4.69, 9.17) is 0 Å². The second kappa shape index (κ2) is 1.84. The number of hydrogen-bond donors (Lipinski definition) is 0. The molecule has 0 aromatic carbocycles. The fourth-order valence-electron chi connectivity index (χ4n) is 1.51. The Kier molecular flexibility index (Phi) is 1.07. The van der Waals surface area contributed by atoms with Gasteiger partial charge in [-0.2, -0.15) is 0 Å². The molecule has 0 amide bonds. The van der Waals surface area contributed by atoms with E-state index in [9.17, 15) is 4.79 Å². The number of Topliss-reactive ketones (excluding diaryl/α,β-unsaturated/α-hetero) is 1. The van der Waals surface area contributed by atoms with E-state index in [1.165, 1.54) is 0 Å². The van der Waals surface area contributed by atoms with E-state index in [1.807, 2.05) is 23.9 Å². The summed E-state index contributed by atoms with van der Waals surface area (Å²) in [6.45, 7) is 3.70. The zero-order valence-electron chi connectivity index (χ0n) is 6.42. The average molecular weight is 147 g/mol. The number of nitrogens with zero attached hydrogens (tertiary/aromatic N) is 1. The van der Waals surface area contributed by atoms with Crippen molar-refractivity contribution in [3.05, 3.63) is 35.7 Å². The van der Waals surface area contributed by atoms with Crippen LogP contribution in [0.1, 0.15) is 16.1 Å². The molecule has 0 radical (unpaired) electrons. The largest absolute Gasteiger partial charge is 0.348 e. The van der Waals surface area contributed by atoms with Crippen molar-refractivity contribution < 1.29 is 4.79 Å². The fourth-order valence-corrected chi connectivity index (χ4v) is 1.51. The average Bonchev–Trinajstić information content (AvgIpc) is 2.41. The number of aromatic nitrogens is 1. The van der Waals surface area contributed by atoms with Crippen LogP contribution < -0.4 is 0 Å². The van der Waals surface area contributed by atoms with Crippen molar-refractivity contribution in [2.75, 3.05) is 0 Å². The lowest BCUT2D eigenvalue weighted by atomic mass is 10.2. The summed E-state index contributed by atoms with van der Waals surface area (Å²) in [7, 11) is 1.88. The van der Waals surface area contributed by atoms with E-state index in [0.717, 1.165) is 17.7 Å². The predicted molar refractivity (Wildman–Crippen MR) is 42.6 cm³/mol. The monoisotopic (exact) mass is 147 g/mol. The minimum Gasteiger partial charge on any atom is -0.348 e. The maximum atomic E-state index is 11.4. The standard InChI is InChI=1S/C9H9NO/c1-6-5-7-3-4-10(2)8(7)9(6)11/h3-4H,1,5H2,2H3. The number of rotatable bonds is 0. The number of carbonyl (C=O) groups is 1. The van der Waals surface area contributed by atoms with Crippen molar-refractivity contribution in [1.82, 2.24) is 4.57 Å². The van der Waals surface area contributed by atoms with Gasteiger partial charge < -0.3 is 4.57 Å².